The molecule has 5 rings (SSSR count). The minimum absolute atomic E-state index is 0.0395. The maximum absolute atomic E-state index is 13.4. The van der Waals surface area contributed by atoms with E-state index in [9.17, 15) is 19.2 Å². The van der Waals surface area contributed by atoms with Crippen LogP contribution in [0.4, 0.5) is 10.5 Å². The molecule has 3 heterocycles. The van der Waals surface area contributed by atoms with Crippen LogP contribution in [-0.4, -0.2) is 87.1 Å². The first-order chi connectivity index (χ1) is 20.5. The zero-order valence-corrected chi connectivity index (χ0v) is 25.1. The van der Waals surface area contributed by atoms with Gasteiger partial charge in [0.1, 0.15) is 36.3 Å². The number of hydrogen-bond acceptors (Lipinski definition) is 11. The number of piperazine rings is 1. The number of nitrogens with zero attached hydrogens (tertiary/aromatic N) is 2. The molecule has 0 spiro atoms. The number of benzene rings is 2. The molecule has 2 aromatic rings. The van der Waals surface area contributed by atoms with Crippen molar-refractivity contribution in [2.45, 2.75) is 63.4 Å². The summed E-state index contributed by atoms with van der Waals surface area (Å²) < 4.78 is 33.6. The van der Waals surface area contributed by atoms with Gasteiger partial charge in [-0.15, -0.1) is 0 Å². The molecule has 0 bridgehead atoms. The summed E-state index contributed by atoms with van der Waals surface area (Å²) in [4.78, 5) is 55.5. The Labute approximate surface area is 249 Å². The van der Waals surface area contributed by atoms with Crippen LogP contribution in [0.1, 0.15) is 49.2 Å². The van der Waals surface area contributed by atoms with Crippen molar-refractivity contribution in [3.8, 4) is 11.5 Å². The number of fused-ring (bicyclic) bond motifs is 5. The summed E-state index contributed by atoms with van der Waals surface area (Å²) in [7, 11) is 2.69. The summed E-state index contributed by atoms with van der Waals surface area (Å²) in [6, 6.07) is 9.63. The normalized spacial score (nSPS) is 23.2. The quantitative estimate of drug-likeness (QED) is 0.100. The fourth-order valence-corrected chi connectivity index (χ4v) is 6.20. The Hall–Kier alpha value is -4.16. The topological polar surface area (TPSA) is 130 Å². The van der Waals surface area contributed by atoms with E-state index in [4.69, 9.17) is 28.4 Å². The maximum atomic E-state index is 13.4. The monoisotopic (exact) mass is 596 g/mol. The van der Waals surface area contributed by atoms with Crippen molar-refractivity contribution < 1.29 is 47.6 Å². The highest BCUT2D eigenvalue weighted by molar-refractivity contribution is 5.99. The van der Waals surface area contributed by atoms with E-state index < -0.39 is 35.1 Å². The largest absolute Gasteiger partial charge is 0.485 e. The van der Waals surface area contributed by atoms with Crippen molar-refractivity contribution in [2.75, 3.05) is 39.1 Å². The fraction of sp³-hybridized carbons (Fsp3) is 0.484. The van der Waals surface area contributed by atoms with Gasteiger partial charge in [0, 0.05) is 31.8 Å². The Kier molecular flexibility index (Phi) is 8.10. The lowest BCUT2D eigenvalue weighted by atomic mass is 9.76. The smallest absolute Gasteiger partial charge is 0.411 e. The Morgan fingerprint density at radius 1 is 1.09 bits per heavy atom. The first-order valence-electron chi connectivity index (χ1n) is 13.9. The van der Waals surface area contributed by atoms with Crippen LogP contribution < -0.4 is 14.4 Å². The lowest BCUT2D eigenvalue weighted by Crippen LogP contribution is -2.52. The van der Waals surface area contributed by atoms with Crippen molar-refractivity contribution in [1.82, 2.24) is 4.90 Å². The molecule has 0 saturated carbocycles. The minimum Gasteiger partial charge on any atom is -0.485 e. The number of anilines is 1. The molecule has 1 amide bonds. The number of ether oxygens (including phenoxy) is 6. The molecule has 0 N–H and O–H groups in total. The number of hydrogen-bond donors (Lipinski definition) is 0. The van der Waals surface area contributed by atoms with Gasteiger partial charge in [-0.1, -0.05) is 30.3 Å². The van der Waals surface area contributed by atoms with Gasteiger partial charge in [0.2, 0.25) is 0 Å². The van der Waals surface area contributed by atoms with E-state index in [-0.39, 0.29) is 49.2 Å². The average molecular weight is 597 g/mol. The third-order valence-electron chi connectivity index (χ3n) is 7.78. The fourth-order valence-electron chi connectivity index (χ4n) is 6.20. The maximum Gasteiger partial charge on any atom is 0.411 e. The van der Waals surface area contributed by atoms with Crippen LogP contribution in [0.25, 0.3) is 0 Å². The van der Waals surface area contributed by atoms with Crippen LogP contribution in [0, 0.1) is 0 Å². The minimum atomic E-state index is -1.40. The summed E-state index contributed by atoms with van der Waals surface area (Å²) in [5.41, 5.74) is -0.436. The zero-order valence-electron chi connectivity index (χ0n) is 25.1. The predicted molar refractivity (Wildman–Crippen MR) is 152 cm³/mol. The molecule has 4 atom stereocenters. The highest BCUT2D eigenvalue weighted by Gasteiger charge is 2.72. The van der Waals surface area contributed by atoms with Gasteiger partial charge >= 0.3 is 18.0 Å². The van der Waals surface area contributed by atoms with Gasteiger partial charge in [-0.3, -0.25) is 9.69 Å². The van der Waals surface area contributed by atoms with E-state index in [0.717, 1.165) is 11.8 Å². The summed E-state index contributed by atoms with van der Waals surface area (Å²) in [5.74, 6) is -1.57. The van der Waals surface area contributed by atoms with Crippen molar-refractivity contribution in [3.05, 3.63) is 53.1 Å². The molecule has 0 radical (unpaired) electrons. The second kappa shape index (κ2) is 11.5. The van der Waals surface area contributed by atoms with Crippen molar-refractivity contribution in [1.29, 1.82) is 0 Å². The molecule has 0 aromatic heterocycles. The lowest BCUT2D eigenvalue weighted by molar-refractivity contribution is -0.132. The van der Waals surface area contributed by atoms with Crippen LogP contribution in [0.5, 0.6) is 11.5 Å². The molecule has 1 unspecified atom stereocenters. The highest BCUT2D eigenvalue weighted by Crippen LogP contribution is 2.61. The summed E-state index contributed by atoms with van der Waals surface area (Å²) >= 11 is 0. The lowest BCUT2D eigenvalue weighted by Gasteiger charge is -2.34. The summed E-state index contributed by atoms with van der Waals surface area (Å²) in [6.07, 6.45) is 0.303. The van der Waals surface area contributed by atoms with Gasteiger partial charge in [0.25, 0.3) is 0 Å². The number of carbonyl (C=O) groups is 4. The molecule has 2 aromatic carbocycles. The molecule has 2 saturated heterocycles. The van der Waals surface area contributed by atoms with E-state index in [1.54, 1.807) is 31.7 Å². The number of amides is 1. The molecule has 12 heteroatoms. The second-order valence-corrected chi connectivity index (χ2v) is 11.8. The van der Waals surface area contributed by atoms with Gasteiger partial charge in [0.15, 0.2) is 11.5 Å². The van der Waals surface area contributed by atoms with E-state index in [2.05, 4.69) is 0 Å². The van der Waals surface area contributed by atoms with E-state index in [0.29, 0.717) is 17.8 Å². The number of aldehydes is 1. The van der Waals surface area contributed by atoms with E-state index >= 15 is 0 Å². The third-order valence-corrected chi connectivity index (χ3v) is 7.78. The van der Waals surface area contributed by atoms with Gasteiger partial charge in [-0.05, 0) is 32.4 Å². The zero-order chi connectivity index (χ0) is 31.1. The number of methoxy groups -OCH3 is 2. The van der Waals surface area contributed by atoms with Crippen molar-refractivity contribution in [3.63, 3.8) is 0 Å². The SMILES string of the molecule is COCOC[C@@]1(C=O)c2c(cc(C(=O)OC)c(OC(C)=O)c2OCc2ccccc2)N2C[C@H]3[C@@H](C21)N3C(=O)OC(C)(C)C. The number of esters is 2. The van der Waals surface area contributed by atoms with Gasteiger partial charge in [-0.25, -0.2) is 9.59 Å². The standard InChI is InChI=1S/C31H36N2O10/c1-18(35)42-25-20(28(36)39-6)12-21-23(26(25)41-14-19-10-8-7-9-11-19)31(15-34,16-40-17-38-5)27-24-22(13-32(21)27)33(24)29(37)43-30(2,3)4/h7-12,15,22,24,27H,13-14,16-17H2,1-6H3/t22-,24-,27?,31-,33?/m0/s1. The Bertz CT molecular complexity index is 1420. The molecule has 3 aliphatic heterocycles. The second-order valence-electron chi connectivity index (χ2n) is 11.8. The van der Waals surface area contributed by atoms with Gasteiger partial charge in [0.05, 0.1) is 31.8 Å². The molecular weight excluding hydrogens is 560 g/mol. The van der Waals surface area contributed by atoms with Crippen LogP contribution in [-0.2, 0) is 40.6 Å². The third kappa shape index (κ3) is 5.40. The molecule has 0 aliphatic carbocycles. The molecular formula is C31H36N2O10. The van der Waals surface area contributed by atoms with E-state index in [1.807, 2.05) is 35.2 Å². The first-order valence-corrected chi connectivity index (χ1v) is 13.9. The molecule has 12 nitrogen and oxygen atoms in total. The molecule has 3 aliphatic rings. The molecule has 2 fully saturated rings. The Balaban J connectivity index is 1.68. The van der Waals surface area contributed by atoms with Crippen LogP contribution in [0.15, 0.2) is 36.4 Å². The average Bonchev–Trinajstić information content (AvgIpc) is 3.42. The van der Waals surface area contributed by atoms with Gasteiger partial charge < -0.3 is 38.1 Å². The molecule has 230 valence electrons. The van der Waals surface area contributed by atoms with Crippen LogP contribution >= 0.6 is 0 Å². The predicted octanol–water partition coefficient (Wildman–Crippen LogP) is 3.22. The van der Waals surface area contributed by atoms with Gasteiger partial charge in [-0.2, -0.15) is 0 Å². The Morgan fingerprint density at radius 3 is 2.42 bits per heavy atom. The number of carbonyl (C=O) groups excluding carboxylic acids is 4. The summed E-state index contributed by atoms with van der Waals surface area (Å²) in [5, 5.41) is 0. The highest BCUT2D eigenvalue weighted by atomic mass is 16.7. The molecule has 43 heavy (non-hydrogen) atoms. The number of rotatable bonds is 10. The van der Waals surface area contributed by atoms with Crippen LogP contribution in [0.2, 0.25) is 0 Å². The Morgan fingerprint density at radius 2 is 1.81 bits per heavy atom. The summed E-state index contributed by atoms with van der Waals surface area (Å²) in [6.45, 7) is 6.75. The van der Waals surface area contributed by atoms with Crippen molar-refractivity contribution >= 4 is 30.0 Å². The van der Waals surface area contributed by atoms with Crippen LogP contribution in [0.3, 0.4) is 0 Å². The first kappa shape index (κ1) is 30.3. The van der Waals surface area contributed by atoms with Crippen molar-refractivity contribution in [2.24, 2.45) is 0 Å². The van der Waals surface area contributed by atoms with E-state index in [1.165, 1.54) is 21.1 Å².